The number of aromatic amines is 1. The molecule has 0 saturated heterocycles. The first-order valence-electron chi connectivity index (χ1n) is 4.06. The number of benzene rings is 1. The minimum atomic E-state index is -4.18. The van der Waals surface area contributed by atoms with Crippen LogP contribution in [0.4, 0.5) is 0 Å². The zero-order chi connectivity index (χ0) is 11.8. The molecule has 10 heteroatoms. The Bertz CT molecular complexity index is 666. The van der Waals surface area contributed by atoms with Gasteiger partial charge in [-0.1, -0.05) is 10.3 Å². The second-order valence-electron chi connectivity index (χ2n) is 2.89. The van der Waals surface area contributed by atoms with Crippen LogP contribution in [0.2, 0.25) is 0 Å². The Morgan fingerprint density at radius 3 is 2.35 bits per heavy atom. The SMILES string of the molecule is O=S(=O)(O)c1ccc(-n2[nH]nnc2=S)cc1.[H-].[K+]. The average molecular weight is 298 g/mol. The molecular weight excluding hydrogens is 291 g/mol. The van der Waals surface area contributed by atoms with Crippen molar-refractivity contribution in [1.29, 1.82) is 0 Å². The van der Waals surface area contributed by atoms with Crippen LogP contribution in [0, 0.1) is 4.77 Å². The molecule has 0 amide bonds. The summed E-state index contributed by atoms with van der Waals surface area (Å²) in [5.41, 5.74) is 0.572. The van der Waals surface area contributed by atoms with Gasteiger partial charge in [-0.15, -0.1) is 0 Å². The molecule has 7 nitrogen and oxygen atoms in total. The molecule has 2 rings (SSSR count). The molecule has 2 N–H and O–H groups in total. The Morgan fingerprint density at radius 1 is 1.35 bits per heavy atom. The van der Waals surface area contributed by atoms with Crippen molar-refractivity contribution in [3.8, 4) is 5.69 Å². The normalized spacial score (nSPS) is 10.9. The maximum atomic E-state index is 10.8. The van der Waals surface area contributed by atoms with Crippen molar-refractivity contribution in [2.24, 2.45) is 0 Å². The van der Waals surface area contributed by atoms with E-state index in [0.29, 0.717) is 5.69 Å². The summed E-state index contributed by atoms with van der Waals surface area (Å²) in [5, 5.41) is 9.57. The number of hydrogen-bond acceptors (Lipinski definition) is 5. The van der Waals surface area contributed by atoms with E-state index in [2.05, 4.69) is 15.5 Å². The van der Waals surface area contributed by atoms with Gasteiger partial charge in [0.2, 0.25) is 4.77 Å². The van der Waals surface area contributed by atoms with Gasteiger partial charge < -0.3 is 1.43 Å². The van der Waals surface area contributed by atoms with Gasteiger partial charge in [-0.05, 0) is 36.5 Å². The number of aromatic nitrogens is 4. The number of nitrogens with zero attached hydrogens (tertiary/aromatic N) is 3. The minimum Gasteiger partial charge on any atom is -1.00 e. The van der Waals surface area contributed by atoms with E-state index < -0.39 is 10.1 Å². The number of tetrazole rings is 1. The third-order valence-electron chi connectivity index (χ3n) is 1.86. The van der Waals surface area contributed by atoms with E-state index in [4.69, 9.17) is 16.8 Å². The Labute approximate surface area is 146 Å². The third kappa shape index (κ3) is 3.51. The predicted molar refractivity (Wildman–Crippen MR) is 57.5 cm³/mol. The average Bonchev–Trinajstić information content (AvgIpc) is 2.63. The summed E-state index contributed by atoms with van der Waals surface area (Å²) in [4.78, 5) is -0.185. The van der Waals surface area contributed by atoms with Gasteiger partial charge in [0.15, 0.2) is 0 Å². The summed E-state index contributed by atoms with van der Waals surface area (Å²) in [6, 6.07) is 5.46. The van der Waals surface area contributed by atoms with Crippen LogP contribution < -0.4 is 51.4 Å². The van der Waals surface area contributed by atoms with Gasteiger partial charge in [0.05, 0.1) is 10.6 Å². The van der Waals surface area contributed by atoms with Crippen LogP contribution in [0.5, 0.6) is 0 Å². The second kappa shape index (κ2) is 5.80. The number of H-pyrrole nitrogens is 1. The van der Waals surface area contributed by atoms with E-state index in [1.165, 1.54) is 28.9 Å². The first-order chi connectivity index (χ1) is 7.48. The van der Waals surface area contributed by atoms with Gasteiger partial charge in [0, 0.05) is 0 Å². The Kier molecular flexibility index (Phi) is 5.15. The standard InChI is InChI=1S/C7H6N4O3S2.K.H/c12-16(13,14)6-3-1-5(2-4-6)11-7(15)8-9-10-11;;/h1-4H,(H,8,10,15)(H,12,13,14);;/q;+1;-1. The molecule has 17 heavy (non-hydrogen) atoms. The first kappa shape index (κ1) is 15.1. The predicted octanol–water partition coefficient (Wildman–Crippen LogP) is -2.31. The van der Waals surface area contributed by atoms with Crippen LogP contribution in [0.1, 0.15) is 1.43 Å². The summed E-state index contributed by atoms with van der Waals surface area (Å²) in [6.07, 6.45) is 0. The van der Waals surface area contributed by atoms with Crippen LogP contribution in [0.25, 0.3) is 5.69 Å². The van der Waals surface area contributed by atoms with Crippen LogP contribution in [0.15, 0.2) is 29.2 Å². The molecule has 0 spiro atoms. The van der Waals surface area contributed by atoms with E-state index >= 15 is 0 Å². The van der Waals surface area contributed by atoms with Crippen molar-refractivity contribution >= 4 is 22.3 Å². The van der Waals surface area contributed by atoms with Crippen LogP contribution >= 0.6 is 12.2 Å². The molecule has 0 saturated carbocycles. The molecular formula is C7H7KN4O3S2. The summed E-state index contributed by atoms with van der Waals surface area (Å²) >= 11 is 4.86. The van der Waals surface area contributed by atoms with Crippen molar-refractivity contribution < 1.29 is 65.8 Å². The summed E-state index contributed by atoms with van der Waals surface area (Å²) in [7, 11) is -4.18. The van der Waals surface area contributed by atoms with Gasteiger partial charge in [-0.2, -0.15) is 13.6 Å². The zero-order valence-electron chi connectivity index (χ0n) is 9.73. The molecule has 1 heterocycles. The van der Waals surface area contributed by atoms with Gasteiger partial charge >= 0.3 is 51.4 Å². The smallest absolute Gasteiger partial charge is 1.00 e. The first-order valence-corrected chi connectivity index (χ1v) is 5.91. The Hall–Kier alpha value is 0.0564. The molecule has 0 radical (unpaired) electrons. The van der Waals surface area contributed by atoms with Crippen molar-refractivity contribution in [3.63, 3.8) is 0 Å². The molecule has 0 bridgehead atoms. The van der Waals surface area contributed by atoms with Gasteiger partial charge in [0.1, 0.15) is 0 Å². The van der Waals surface area contributed by atoms with Crippen molar-refractivity contribution in [2.75, 3.05) is 0 Å². The molecule has 1 aromatic heterocycles. The molecule has 0 unspecified atom stereocenters. The maximum Gasteiger partial charge on any atom is 1.00 e. The zero-order valence-corrected chi connectivity index (χ0v) is 13.5. The fourth-order valence-electron chi connectivity index (χ4n) is 1.13. The van der Waals surface area contributed by atoms with E-state index in [-0.39, 0.29) is 62.5 Å². The van der Waals surface area contributed by atoms with Crippen molar-refractivity contribution in [2.45, 2.75) is 4.90 Å². The molecule has 0 aliphatic carbocycles. The fourth-order valence-corrected chi connectivity index (χ4v) is 1.80. The molecule has 2 aromatic rings. The Balaban J connectivity index is 0.00000144. The van der Waals surface area contributed by atoms with Crippen molar-refractivity contribution in [1.82, 2.24) is 20.2 Å². The summed E-state index contributed by atoms with van der Waals surface area (Å²) in [6.45, 7) is 0. The van der Waals surface area contributed by atoms with Crippen LogP contribution in [-0.2, 0) is 10.1 Å². The summed E-state index contributed by atoms with van der Waals surface area (Å²) in [5.74, 6) is 0. The number of rotatable bonds is 2. The van der Waals surface area contributed by atoms with Crippen LogP contribution in [0.3, 0.4) is 0 Å². The van der Waals surface area contributed by atoms with E-state index in [1.54, 1.807) is 0 Å². The summed E-state index contributed by atoms with van der Waals surface area (Å²) < 4.78 is 32.0. The molecule has 0 fully saturated rings. The number of nitrogens with one attached hydrogen (secondary N) is 1. The molecule has 0 aliphatic heterocycles. The van der Waals surface area contributed by atoms with E-state index in [0.717, 1.165) is 0 Å². The second-order valence-corrected chi connectivity index (χ2v) is 4.67. The Morgan fingerprint density at radius 2 is 1.94 bits per heavy atom. The largest absolute Gasteiger partial charge is 1.00 e. The molecule has 0 aliphatic rings. The third-order valence-corrected chi connectivity index (χ3v) is 3.00. The minimum absolute atomic E-state index is 0. The topological polar surface area (TPSA) is 101 Å². The fraction of sp³-hybridized carbons (Fsp3) is 0. The maximum absolute atomic E-state index is 10.8. The van der Waals surface area contributed by atoms with Gasteiger partial charge in [-0.25, -0.2) is 4.68 Å². The van der Waals surface area contributed by atoms with Gasteiger partial charge in [-0.3, -0.25) is 4.55 Å². The molecule has 86 valence electrons. The monoisotopic (exact) mass is 298 g/mol. The molecule has 1 aromatic carbocycles. The molecule has 0 atom stereocenters. The van der Waals surface area contributed by atoms with Crippen molar-refractivity contribution in [3.05, 3.63) is 29.0 Å². The van der Waals surface area contributed by atoms with E-state index in [1.807, 2.05) is 0 Å². The number of hydrogen-bond donors (Lipinski definition) is 2. The van der Waals surface area contributed by atoms with Crippen LogP contribution in [-0.4, -0.2) is 33.2 Å². The van der Waals surface area contributed by atoms with Gasteiger partial charge in [0.25, 0.3) is 10.1 Å². The van der Waals surface area contributed by atoms with E-state index in [9.17, 15) is 8.42 Å². The quantitative estimate of drug-likeness (QED) is 0.367.